The highest BCUT2D eigenvalue weighted by Gasteiger charge is 2.74. The SMILES string of the molecule is CCOC(=O)c1ccc(N2C(=O)[C@@H]3[C@@H](C2=O)C2(O[C@H]3c3ccc(Cl)cc3)C(=O)c3ccccc3C2=O)cc1. The highest BCUT2D eigenvalue weighted by Crippen LogP contribution is 2.57. The quantitative estimate of drug-likeness (QED) is 0.283. The molecule has 1 spiro atoms. The third-order valence-corrected chi connectivity index (χ3v) is 7.61. The molecule has 2 amide bonds. The predicted octanol–water partition coefficient (Wildman–Crippen LogP) is 4.21. The number of nitrogens with zero attached hydrogens (tertiary/aromatic N) is 1. The van der Waals surface area contributed by atoms with Gasteiger partial charge in [0.2, 0.25) is 29.0 Å². The lowest BCUT2D eigenvalue weighted by Crippen LogP contribution is -2.51. The van der Waals surface area contributed by atoms with E-state index in [0.717, 1.165) is 4.90 Å². The molecule has 6 rings (SSSR count). The molecule has 2 fully saturated rings. The topological polar surface area (TPSA) is 107 Å². The molecule has 3 aromatic carbocycles. The van der Waals surface area contributed by atoms with E-state index in [0.29, 0.717) is 10.6 Å². The summed E-state index contributed by atoms with van der Waals surface area (Å²) >= 11 is 6.06. The second-order valence-corrected chi connectivity index (χ2v) is 9.75. The van der Waals surface area contributed by atoms with E-state index in [2.05, 4.69) is 0 Å². The maximum absolute atomic E-state index is 14.0. The number of hydrogen-bond acceptors (Lipinski definition) is 7. The Bertz CT molecular complexity index is 1490. The number of amides is 2. The molecular formula is C29H20ClNO7. The zero-order valence-electron chi connectivity index (χ0n) is 20.1. The molecule has 2 aliphatic heterocycles. The van der Waals surface area contributed by atoms with Crippen molar-refractivity contribution in [2.45, 2.75) is 18.6 Å². The maximum Gasteiger partial charge on any atom is 0.338 e. The van der Waals surface area contributed by atoms with Crippen molar-refractivity contribution in [3.05, 3.63) is 100 Å². The number of imide groups is 1. The number of ether oxygens (including phenoxy) is 2. The summed E-state index contributed by atoms with van der Waals surface area (Å²) in [6, 6.07) is 18.6. The minimum absolute atomic E-state index is 0.158. The fraction of sp³-hybridized carbons (Fsp3) is 0.207. The molecule has 0 bridgehead atoms. The third kappa shape index (κ3) is 3.23. The smallest absolute Gasteiger partial charge is 0.338 e. The zero-order valence-corrected chi connectivity index (χ0v) is 20.8. The number of anilines is 1. The van der Waals surface area contributed by atoms with Crippen molar-refractivity contribution in [3.8, 4) is 0 Å². The molecule has 3 aliphatic rings. The molecule has 0 aromatic heterocycles. The van der Waals surface area contributed by atoms with Crippen LogP contribution in [0.5, 0.6) is 0 Å². The second kappa shape index (κ2) is 8.72. The van der Waals surface area contributed by atoms with E-state index in [4.69, 9.17) is 21.1 Å². The molecule has 0 N–H and O–H groups in total. The van der Waals surface area contributed by atoms with Crippen LogP contribution in [0, 0.1) is 11.8 Å². The van der Waals surface area contributed by atoms with Crippen LogP contribution in [0.25, 0.3) is 0 Å². The van der Waals surface area contributed by atoms with E-state index >= 15 is 0 Å². The molecule has 190 valence electrons. The molecule has 8 nitrogen and oxygen atoms in total. The van der Waals surface area contributed by atoms with Crippen molar-refractivity contribution < 1.29 is 33.4 Å². The normalized spacial score (nSPS) is 23.2. The van der Waals surface area contributed by atoms with E-state index in [1.165, 1.54) is 36.4 Å². The molecule has 3 atom stereocenters. The average Bonchev–Trinajstić information content (AvgIpc) is 3.49. The highest BCUT2D eigenvalue weighted by atomic mass is 35.5. The Hall–Kier alpha value is -4.14. The van der Waals surface area contributed by atoms with Gasteiger partial charge in [-0.1, -0.05) is 48.0 Å². The highest BCUT2D eigenvalue weighted by molar-refractivity contribution is 6.37. The van der Waals surface area contributed by atoms with Crippen LogP contribution in [-0.4, -0.2) is 41.6 Å². The average molecular weight is 530 g/mol. The molecule has 1 aliphatic carbocycles. The van der Waals surface area contributed by atoms with Gasteiger partial charge in [0.15, 0.2) is 0 Å². The Morgan fingerprint density at radius 2 is 1.50 bits per heavy atom. The summed E-state index contributed by atoms with van der Waals surface area (Å²) in [5.74, 6) is -5.61. The lowest BCUT2D eigenvalue weighted by Gasteiger charge is -2.27. The van der Waals surface area contributed by atoms with Crippen LogP contribution in [-0.2, 0) is 19.1 Å². The minimum atomic E-state index is -2.16. The Kier molecular flexibility index (Phi) is 5.55. The number of esters is 1. The number of carbonyl (C=O) groups excluding carboxylic acids is 5. The molecule has 38 heavy (non-hydrogen) atoms. The van der Waals surface area contributed by atoms with Crippen molar-refractivity contribution in [3.63, 3.8) is 0 Å². The van der Waals surface area contributed by atoms with Crippen LogP contribution in [0.15, 0.2) is 72.8 Å². The molecular weight excluding hydrogens is 510 g/mol. The van der Waals surface area contributed by atoms with Crippen molar-refractivity contribution in [1.29, 1.82) is 0 Å². The van der Waals surface area contributed by atoms with E-state index in [1.54, 1.807) is 43.3 Å². The maximum atomic E-state index is 14.0. The van der Waals surface area contributed by atoms with Crippen LogP contribution in [0.1, 0.15) is 49.7 Å². The Balaban J connectivity index is 1.46. The largest absolute Gasteiger partial charge is 0.462 e. The fourth-order valence-electron chi connectivity index (χ4n) is 5.69. The van der Waals surface area contributed by atoms with Gasteiger partial charge >= 0.3 is 5.97 Å². The first-order chi connectivity index (χ1) is 18.3. The molecule has 2 saturated heterocycles. The summed E-state index contributed by atoms with van der Waals surface area (Å²) in [6.45, 7) is 1.89. The van der Waals surface area contributed by atoms with Gasteiger partial charge in [0.25, 0.3) is 0 Å². The summed E-state index contributed by atoms with van der Waals surface area (Å²) in [4.78, 5) is 68.4. The summed E-state index contributed by atoms with van der Waals surface area (Å²) < 4.78 is 11.2. The van der Waals surface area contributed by atoms with E-state index in [9.17, 15) is 24.0 Å². The summed E-state index contributed by atoms with van der Waals surface area (Å²) in [5, 5.41) is 0.454. The zero-order chi connectivity index (χ0) is 26.8. The van der Waals surface area contributed by atoms with E-state index < -0.39 is 52.9 Å². The van der Waals surface area contributed by atoms with Gasteiger partial charge in [0.1, 0.15) is 0 Å². The molecule has 9 heteroatoms. The first kappa shape index (κ1) is 24.2. The third-order valence-electron chi connectivity index (χ3n) is 7.35. The van der Waals surface area contributed by atoms with Gasteiger partial charge in [-0.05, 0) is 48.9 Å². The first-order valence-corrected chi connectivity index (χ1v) is 12.4. The summed E-state index contributed by atoms with van der Waals surface area (Å²) in [7, 11) is 0. The van der Waals surface area contributed by atoms with Gasteiger partial charge in [0.05, 0.1) is 35.8 Å². The number of benzene rings is 3. The number of ketones is 2. The van der Waals surface area contributed by atoms with Crippen molar-refractivity contribution >= 4 is 46.6 Å². The molecule has 0 saturated carbocycles. The number of halogens is 1. The molecule has 2 heterocycles. The van der Waals surface area contributed by atoms with Crippen LogP contribution in [0.3, 0.4) is 0 Å². The lowest BCUT2D eigenvalue weighted by atomic mass is 9.77. The lowest BCUT2D eigenvalue weighted by molar-refractivity contribution is -0.127. The standard InChI is InChI=1S/C29H20ClNO7/c1-2-37-28(36)16-9-13-18(14-10-16)31-26(34)21-22(27(31)35)29(38-23(21)15-7-11-17(30)12-8-15)24(32)19-5-3-4-6-20(19)25(29)33/h3-14,21-23H,2H2,1H3/t21-,22+,23+/m1/s1. The molecule has 0 radical (unpaired) electrons. The number of fused-ring (bicyclic) bond motifs is 3. The van der Waals surface area contributed by atoms with E-state index in [1.807, 2.05) is 0 Å². The molecule has 0 unspecified atom stereocenters. The second-order valence-electron chi connectivity index (χ2n) is 9.31. The number of carbonyl (C=O) groups is 5. The van der Waals surface area contributed by atoms with Gasteiger partial charge in [-0.15, -0.1) is 0 Å². The fourth-order valence-corrected chi connectivity index (χ4v) is 5.81. The number of rotatable bonds is 4. The Morgan fingerprint density at radius 3 is 2.08 bits per heavy atom. The van der Waals surface area contributed by atoms with Crippen LogP contribution >= 0.6 is 11.6 Å². The Labute approximate surface area is 222 Å². The monoisotopic (exact) mass is 529 g/mol. The van der Waals surface area contributed by atoms with Gasteiger partial charge < -0.3 is 9.47 Å². The summed E-state index contributed by atoms with van der Waals surface area (Å²) in [6.07, 6.45) is -1.04. The Morgan fingerprint density at radius 1 is 0.895 bits per heavy atom. The van der Waals surface area contributed by atoms with Gasteiger partial charge in [0, 0.05) is 16.1 Å². The molecule has 3 aromatic rings. The van der Waals surface area contributed by atoms with Crippen LogP contribution in [0.4, 0.5) is 5.69 Å². The van der Waals surface area contributed by atoms with Gasteiger partial charge in [-0.3, -0.25) is 19.2 Å². The van der Waals surface area contributed by atoms with Crippen LogP contribution in [0.2, 0.25) is 5.02 Å². The van der Waals surface area contributed by atoms with Crippen molar-refractivity contribution in [2.75, 3.05) is 11.5 Å². The van der Waals surface area contributed by atoms with Crippen molar-refractivity contribution in [1.82, 2.24) is 0 Å². The predicted molar refractivity (Wildman–Crippen MR) is 135 cm³/mol. The van der Waals surface area contributed by atoms with Gasteiger partial charge in [-0.25, -0.2) is 9.69 Å². The van der Waals surface area contributed by atoms with E-state index in [-0.39, 0.29) is 29.0 Å². The minimum Gasteiger partial charge on any atom is -0.462 e. The van der Waals surface area contributed by atoms with Crippen molar-refractivity contribution in [2.24, 2.45) is 11.8 Å². The number of hydrogen-bond donors (Lipinski definition) is 0. The van der Waals surface area contributed by atoms with Gasteiger partial charge in [-0.2, -0.15) is 0 Å². The summed E-state index contributed by atoms with van der Waals surface area (Å²) in [5.41, 5.74) is -0.868. The first-order valence-electron chi connectivity index (χ1n) is 12.1. The number of Topliss-reactive ketones (excluding diaryl/α,β-unsaturated/α-hetero) is 2. The van der Waals surface area contributed by atoms with Crippen LogP contribution < -0.4 is 4.90 Å².